The van der Waals surface area contributed by atoms with Gasteiger partial charge in [0.25, 0.3) is 0 Å². The summed E-state index contributed by atoms with van der Waals surface area (Å²) in [4.78, 5) is 38.2. The smallest absolute Gasteiger partial charge is 0.328 e. The number of amides is 1. The van der Waals surface area contributed by atoms with Crippen molar-refractivity contribution in [1.29, 1.82) is 0 Å². The van der Waals surface area contributed by atoms with E-state index in [-0.39, 0.29) is 25.9 Å². The molecular weight excluding hydrogens is 338 g/mol. The van der Waals surface area contributed by atoms with Crippen LogP contribution in [0.25, 0.3) is 10.9 Å². The molecule has 0 aliphatic heterocycles. The molecule has 2 aromatic rings. The van der Waals surface area contributed by atoms with Gasteiger partial charge in [-0.15, -0.1) is 0 Å². The SMILES string of the molecule is CCOC(=O)[C@@H](Cc1c[nH]c2ccccc12)NC(=O)CC[C@@H](N)C(=O)O. The van der Waals surface area contributed by atoms with Crippen molar-refractivity contribution in [2.45, 2.75) is 38.3 Å². The topological polar surface area (TPSA) is 135 Å². The molecular formula is C18H23N3O5. The summed E-state index contributed by atoms with van der Waals surface area (Å²) in [5.41, 5.74) is 7.21. The van der Waals surface area contributed by atoms with Crippen molar-refractivity contribution in [3.05, 3.63) is 36.0 Å². The molecule has 1 aromatic carbocycles. The highest BCUT2D eigenvalue weighted by Crippen LogP contribution is 2.19. The molecule has 2 rings (SSSR count). The number of hydrogen-bond acceptors (Lipinski definition) is 5. The fraction of sp³-hybridized carbons (Fsp3) is 0.389. The van der Waals surface area contributed by atoms with Gasteiger partial charge in [0.1, 0.15) is 12.1 Å². The van der Waals surface area contributed by atoms with Crippen LogP contribution in [-0.4, -0.2) is 46.6 Å². The zero-order valence-corrected chi connectivity index (χ0v) is 14.5. The Morgan fingerprint density at radius 1 is 1.31 bits per heavy atom. The van der Waals surface area contributed by atoms with Crippen LogP contribution in [0.1, 0.15) is 25.3 Å². The number of carbonyl (C=O) groups is 3. The van der Waals surface area contributed by atoms with Crippen molar-refractivity contribution < 1.29 is 24.2 Å². The summed E-state index contributed by atoms with van der Waals surface area (Å²) in [6, 6.07) is 5.67. The van der Waals surface area contributed by atoms with Crippen molar-refractivity contribution in [3.8, 4) is 0 Å². The Balaban J connectivity index is 2.07. The van der Waals surface area contributed by atoms with E-state index in [1.54, 1.807) is 13.1 Å². The van der Waals surface area contributed by atoms with Crippen LogP contribution < -0.4 is 11.1 Å². The molecule has 0 radical (unpaired) electrons. The molecule has 1 aromatic heterocycles. The zero-order valence-electron chi connectivity index (χ0n) is 14.5. The molecule has 1 heterocycles. The minimum absolute atomic E-state index is 0.0101. The third-order valence-corrected chi connectivity index (χ3v) is 4.00. The number of fused-ring (bicyclic) bond motifs is 1. The van der Waals surface area contributed by atoms with Crippen molar-refractivity contribution in [3.63, 3.8) is 0 Å². The predicted molar refractivity (Wildman–Crippen MR) is 95.4 cm³/mol. The van der Waals surface area contributed by atoms with Crippen LogP contribution in [-0.2, 0) is 25.5 Å². The average molecular weight is 361 g/mol. The number of hydrogen-bond donors (Lipinski definition) is 4. The molecule has 0 saturated carbocycles. The van der Waals surface area contributed by atoms with Gasteiger partial charge in [0.15, 0.2) is 0 Å². The summed E-state index contributed by atoms with van der Waals surface area (Å²) >= 11 is 0. The van der Waals surface area contributed by atoms with Crippen molar-refractivity contribution in [2.75, 3.05) is 6.61 Å². The number of nitrogens with two attached hydrogens (primary N) is 1. The number of rotatable bonds is 9. The number of carbonyl (C=O) groups excluding carboxylic acids is 2. The van der Waals surface area contributed by atoms with E-state index in [9.17, 15) is 14.4 Å². The van der Waals surface area contributed by atoms with Gasteiger partial charge in [0.2, 0.25) is 5.91 Å². The molecule has 0 unspecified atom stereocenters. The molecule has 5 N–H and O–H groups in total. The highest BCUT2D eigenvalue weighted by molar-refractivity contribution is 5.87. The number of aromatic nitrogens is 1. The third kappa shape index (κ3) is 5.06. The molecule has 0 aliphatic carbocycles. The predicted octanol–water partition coefficient (Wildman–Crippen LogP) is 0.950. The number of nitrogens with one attached hydrogen (secondary N) is 2. The number of esters is 1. The van der Waals surface area contributed by atoms with Gasteiger partial charge in [-0.25, -0.2) is 4.79 Å². The van der Waals surface area contributed by atoms with Crippen molar-refractivity contribution in [1.82, 2.24) is 10.3 Å². The molecule has 0 spiro atoms. The summed E-state index contributed by atoms with van der Waals surface area (Å²) in [5.74, 6) is -2.15. The Bertz CT molecular complexity index is 786. The summed E-state index contributed by atoms with van der Waals surface area (Å²) in [5, 5.41) is 12.4. The number of aromatic amines is 1. The Hall–Kier alpha value is -2.87. The molecule has 8 nitrogen and oxygen atoms in total. The van der Waals surface area contributed by atoms with Gasteiger partial charge >= 0.3 is 11.9 Å². The lowest BCUT2D eigenvalue weighted by Gasteiger charge is -2.17. The van der Waals surface area contributed by atoms with Crippen LogP contribution in [0.4, 0.5) is 0 Å². The van der Waals surface area contributed by atoms with E-state index >= 15 is 0 Å². The standard InChI is InChI=1S/C18H23N3O5/c1-2-26-18(25)15(21-16(22)8-7-13(19)17(23)24)9-11-10-20-14-6-4-3-5-12(11)14/h3-6,10,13,15,20H,2,7-9,19H2,1H3,(H,21,22)(H,23,24)/t13-,15-/m1/s1. The zero-order chi connectivity index (χ0) is 19.1. The maximum absolute atomic E-state index is 12.2. The molecule has 8 heteroatoms. The summed E-state index contributed by atoms with van der Waals surface area (Å²) < 4.78 is 5.05. The second-order valence-corrected chi connectivity index (χ2v) is 5.92. The molecule has 140 valence electrons. The molecule has 0 fully saturated rings. The van der Waals surface area contributed by atoms with Crippen LogP contribution in [0.3, 0.4) is 0 Å². The number of benzene rings is 1. The van der Waals surface area contributed by atoms with Gasteiger partial charge in [-0.3, -0.25) is 9.59 Å². The van der Waals surface area contributed by atoms with Gasteiger partial charge in [0.05, 0.1) is 6.61 Å². The van der Waals surface area contributed by atoms with Crippen LogP contribution in [0.5, 0.6) is 0 Å². The lowest BCUT2D eigenvalue weighted by molar-refractivity contribution is -0.147. The Kier molecular flexibility index (Phi) is 6.74. The third-order valence-electron chi connectivity index (χ3n) is 4.00. The summed E-state index contributed by atoms with van der Waals surface area (Å²) in [6.45, 7) is 1.89. The molecule has 0 bridgehead atoms. The van der Waals surface area contributed by atoms with Gasteiger partial charge in [-0.1, -0.05) is 18.2 Å². The number of carboxylic acids is 1. The first-order valence-corrected chi connectivity index (χ1v) is 8.41. The second kappa shape index (κ2) is 9.00. The summed E-state index contributed by atoms with van der Waals surface area (Å²) in [7, 11) is 0. The van der Waals surface area contributed by atoms with E-state index < -0.39 is 29.9 Å². The quantitative estimate of drug-likeness (QED) is 0.491. The monoisotopic (exact) mass is 361 g/mol. The van der Waals surface area contributed by atoms with Gasteiger partial charge in [-0.05, 0) is 25.0 Å². The number of carboxylic acid groups (broad SMARTS) is 1. The number of para-hydroxylation sites is 1. The molecule has 2 atom stereocenters. The molecule has 0 saturated heterocycles. The molecule has 1 amide bonds. The highest BCUT2D eigenvalue weighted by Gasteiger charge is 2.24. The average Bonchev–Trinajstić information content (AvgIpc) is 3.02. The molecule has 26 heavy (non-hydrogen) atoms. The fourth-order valence-electron chi connectivity index (χ4n) is 2.63. The number of H-pyrrole nitrogens is 1. The first-order chi connectivity index (χ1) is 12.4. The first-order valence-electron chi connectivity index (χ1n) is 8.41. The van der Waals surface area contributed by atoms with Crippen LogP contribution in [0.2, 0.25) is 0 Å². The van der Waals surface area contributed by atoms with E-state index in [1.807, 2.05) is 24.3 Å². The number of ether oxygens (including phenoxy) is 1. The maximum Gasteiger partial charge on any atom is 0.328 e. The molecule has 0 aliphatic rings. The lowest BCUT2D eigenvalue weighted by Crippen LogP contribution is -2.44. The first kappa shape index (κ1) is 19.5. The highest BCUT2D eigenvalue weighted by atomic mass is 16.5. The van der Waals surface area contributed by atoms with E-state index in [0.717, 1.165) is 16.5 Å². The van der Waals surface area contributed by atoms with E-state index in [2.05, 4.69) is 10.3 Å². The normalized spacial score (nSPS) is 13.2. The van der Waals surface area contributed by atoms with E-state index in [1.165, 1.54) is 0 Å². The van der Waals surface area contributed by atoms with Crippen molar-refractivity contribution in [2.24, 2.45) is 5.73 Å². The van der Waals surface area contributed by atoms with E-state index in [0.29, 0.717) is 0 Å². The maximum atomic E-state index is 12.2. The van der Waals surface area contributed by atoms with E-state index in [4.69, 9.17) is 15.6 Å². The minimum atomic E-state index is -1.17. The summed E-state index contributed by atoms with van der Waals surface area (Å²) in [6.07, 6.45) is 1.96. The van der Waals surface area contributed by atoms with Crippen molar-refractivity contribution >= 4 is 28.7 Å². The lowest BCUT2D eigenvalue weighted by atomic mass is 10.0. The van der Waals surface area contributed by atoms with Crippen LogP contribution >= 0.6 is 0 Å². The number of aliphatic carboxylic acids is 1. The van der Waals surface area contributed by atoms with Gasteiger partial charge in [-0.2, -0.15) is 0 Å². The Morgan fingerprint density at radius 3 is 2.73 bits per heavy atom. The fourth-order valence-corrected chi connectivity index (χ4v) is 2.63. The Morgan fingerprint density at radius 2 is 2.04 bits per heavy atom. The van der Waals surface area contributed by atoms with Crippen LogP contribution in [0, 0.1) is 0 Å². The van der Waals surface area contributed by atoms with Gasteiger partial charge in [0, 0.05) is 29.9 Å². The van der Waals surface area contributed by atoms with Crippen LogP contribution in [0.15, 0.2) is 30.5 Å². The largest absolute Gasteiger partial charge is 0.480 e. The van der Waals surface area contributed by atoms with Gasteiger partial charge < -0.3 is 25.9 Å². The Labute approximate surface area is 150 Å². The minimum Gasteiger partial charge on any atom is -0.480 e. The second-order valence-electron chi connectivity index (χ2n) is 5.92.